The summed E-state index contributed by atoms with van der Waals surface area (Å²) in [4.78, 5) is 39.8. The predicted octanol–water partition coefficient (Wildman–Crippen LogP) is 12.7. The third kappa shape index (κ3) is 17.3. The van der Waals surface area contributed by atoms with Crippen LogP contribution in [-0.4, -0.2) is 128 Å². The molecule has 8 rings (SSSR count). The third-order valence-corrected chi connectivity index (χ3v) is 15.2. The number of hydrogen-bond donors (Lipinski definition) is 0. The summed E-state index contributed by atoms with van der Waals surface area (Å²) in [6.45, 7) is 9.38. The fourth-order valence-corrected chi connectivity index (χ4v) is 10.9. The average Bonchev–Trinajstić information content (AvgIpc) is 3.45. The van der Waals surface area contributed by atoms with Crippen LogP contribution in [0, 0.1) is 12.8 Å². The molecule has 2 atom stereocenters. The average molecular weight is 1100 g/mol. The lowest BCUT2D eigenvalue weighted by atomic mass is 9.82. The zero-order valence-electron chi connectivity index (χ0n) is 44.2. The maximum Gasteiger partial charge on any atom is 0.416 e. The van der Waals surface area contributed by atoms with E-state index in [2.05, 4.69) is 43.9 Å². The molecule has 2 unspecified atom stereocenters. The van der Waals surface area contributed by atoms with Crippen molar-refractivity contribution in [2.45, 2.75) is 96.3 Å². The van der Waals surface area contributed by atoms with Crippen molar-refractivity contribution < 1.29 is 49.1 Å². The van der Waals surface area contributed by atoms with E-state index >= 15 is 0 Å². The summed E-state index contributed by atoms with van der Waals surface area (Å²) in [5.41, 5.74) is 0.961. The molecule has 0 bridgehead atoms. The number of carbonyl (C=O) groups is 2. The van der Waals surface area contributed by atoms with Gasteiger partial charge in [0.2, 0.25) is 11.8 Å². The molecule has 0 aromatic heterocycles. The highest BCUT2D eigenvalue weighted by molar-refractivity contribution is 5.83. The Kier molecular flexibility index (Phi) is 21.8. The zero-order chi connectivity index (χ0) is 55.3. The first-order valence-electron chi connectivity index (χ1n) is 26.7. The summed E-state index contributed by atoms with van der Waals surface area (Å²) in [7, 11) is 3.34. The van der Waals surface area contributed by atoms with Crippen LogP contribution >= 0.6 is 0 Å². The smallest absolute Gasteiger partial charge is 0.369 e. The van der Waals surface area contributed by atoms with E-state index in [1.54, 1.807) is 17.9 Å². The Bertz CT molecular complexity index is 2600. The number of hydrogen-bond acceptors (Lipinski definition) is 6. The number of halogens is 9. The molecule has 2 amide bonds. The van der Waals surface area contributed by atoms with Gasteiger partial charge in [0.25, 0.3) is 0 Å². The molecule has 2 aliphatic heterocycles. The van der Waals surface area contributed by atoms with Crippen LogP contribution in [0.4, 0.5) is 45.2 Å². The number of likely N-dealkylation sites (N-methyl/N-ethyl adjacent to an activating group) is 2. The molecule has 0 spiro atoms. The first-order chi connectivity index (χ1) is 36.6. The van der Waals surface area contributed by atoms with Crippen LogP contribution in [0.1, 0.15) is 90.1 Å². The van der Waals surface area contributed by atoms with E-state index in [1.165, 1.54) is 48.9 Å². The zero-order valence-corrected chi connectivity index (χ0v) is 44.2. The Morgan fingerprint density at radius 1 is 0.526 bits per heavy atom. The maximum atomic E-state index is 13.8. The highest BCUT2D eigenvalue weighted by Crippen LogP contribution is 2.37. The van der Waals surface area contributed by atoms with E-state index in [9.17, 15) is 49.1 Å². The molecule has 2 heterocycles. The fraction of sp³-hybridized carbons (Fsp3) is 0.475. The molecule has 2 saturated heterocycles. The molecule has 78 heavy (non-hydrogen) atoms. The normalized spacial score (nSPS) is 17.1. The van der Waals surface area contributed by atoms with E-state index in [0.717, 1.165) is 63.2 Å². The van der Waals surface area contributed by atoms with Crippen LogP contribution < -0.4 is 4.90 Å². The van der Waals surface area contributed by atoms with E-state index in [0.29, 0.717) is 68.3 Å². The molecular weight excluding hydrogens is 1020 g/mol. The molecule has 424 valence electrons. The Balaban J connectivity index is 0.000000249. The van der Waals surface area contributed by atoms with Gasteiger partial charge in [-0.2, -0.15) is 39.5 Å². The van der Waals surface area contributed by atoms with Gasteiger partial charge in [0.05, 0.1) is 22.7 Å². The summed E-state index contributed by atoms with van der Waals surface area (Å²) in [6, 6.07) is 34.7. The molecule has 1 saturated carbocycles. The monoisotopic (exact) mass is 1090 g/mol. The van der Waals surface area contributed by atoms with Crippen molar-refractivity contribution in [1.82, 2.24) is 24.5 Å². The minimum Gasteiger partial charge on any atom is -0.369 e. The first-order valence-corrected chi connectivity index (χ1v) is 26.7. The summed E-state index contributed by atoms with van der Waals surface area (Å²) in [5, 5.41) is 0. The molecule has 8 nitrogen and oxygen atoms in total. The SMILES string of the molecule is C.CN(CCc1cc(C(F)(F)F)cc(C(F)(F)F)c1)C(=O)C(c1ccccc1)N1CCN(c2ccccc2)CC1.Cc1cc(CCN(C)C(=O)C(C2CCCCC2)N2CCN(CCc3ccccc3)CC2)cc(C(F)(F)F)c1. The topological polar surface area (TPSA) is 53.6 Å². The van der Waals surface area contributed by atoms with Gasteiger partial charge in [0.15, 0.2) is 0 Å². The number of para-hydroxylation sites is 1. The van der Waals surface area contributed by atoms with Gasteiger partial charge in [-0.25, -0.2) is 0 Å². The fourth-order valence-electron chi connectivity index (χ4n) is 10.9. The lowest BCUT2D eigenvalue weighted by Gasteiger charge is -2.43. The number of piperazine rings is 2. The van der Waals surface area contributed by atoms with Gasteiger partial charge in [0.1, 0.15) is 6.04 Å². The van der Waals surface area contributed by atoms with Crippen molar-refractivity contribution in [2.24, 2.45) is 5.92 Å². The Morgan fingerprint density at radius 3 is 1.51 bits per heavy atom. The number of benzene rings is 5. The summed E-state index contributed by atoms with van der Waals surface area (Å²) in [5.74, 6) is 0.209. The molecule has 5 aromatic carbocycles. The second kappa shape index (κ2) is 27.8. The molecule has 5 aromatic rings. The van der Waals surface area contributed by atoms with Gasteiger partial charge < -0.3 is 19.6 Å². The molecule has 3 aliphatic rings. The van der Waals surface area contributed by atoms with Gasteiger partial charge >= 0.3 is 18.5 Å². The van der Waals surface area contributed by atoms with Gasteiger partial charge in [0, 0.05) is 91.8 Å². The van der Waals surface area contributed by atoms with Crippen molar-refractivity contribution >= 4 is 17.5 Å². The van der Waals surface area contributed by atoms with E-state index < -0.39 is 41.3 Å². The maximum absolute atomic E-state index is 13.8. The van der Waals surface area contributed by atoms with Crippen molar-refractivity contribution in [3.8, 4) is 0 Å². The van der Waals surface area contributed by atoms with Crippen molar-refractivity contribution in [2.75, 3.05) is 91.0 Å². The Hall–Kier alpha value is -5.91. The van der Waals surface area contributed by atoms with Crippen LogP contribution in [0.25, 0.3) is 0 Å². The second-order valence-electron chi connectivity index (χ2n) is 20.8. The number of aryl methyl sites for hydroxylation is 1. The lowest BCUT2D eigenvalue weighted by Crippen LogP contribution is -2.58. The number of rotatable bonds is 16. The van der Waals surface area contributed by atoms with Crippen LogP contribution in [0.2, 0.25) is 0 Å². The molecular formula is C61H75F9N6O2. The minimum absolute atomic E-state index is 0. The number of anilines is 1. The van der Waals surface area contributed by atoms with Crippen LogP contribution in [0.5, 0.6) is 0 Å². The number of nitrogens with zero attached hydrogens (tertiary/aromatic N) is 6. The van der Waals surface area contributed by atoms with Crippen LogP contribution in [0.3, 0.4) is 0 Å². The van der Waals surface area contributed by atoms with E-state index in [4.69, 9.17) is 0 Å². The highest BCUT2D eigenvalue weighted by Gasteiger charge is 2.40. The standard InChI is InChI=1S/C31H42F3N3O.C29H29F6N3O.CH4/c1-24-21-26(23-28(22-24)31(32,33)34)13-15-35(2)30(38)29(27-11-7-4-8-12-27)37-19-17-36(18-20-37)16-14-25-9-5-3-6-10-25;1-36(13-12-21-18-23(28(30,31)32)20-24(19-21)29(33,34)35)27(39)26(22-8-4-2-5-9-22)38-16-14-37(15-17-38)25-10-6-3-7-11-25;/h3,5-6,9-10,21-23,27,29H,4,7-8,11-20H2,1-2H3;2-11,18-20,26H,12-17H2,1H3;1H4. The van der Waals surface area contributed by atoms with Crippen LogP contribution in [0.15, 0.2) is 127 Å². The second-order valence-corrected chi connectivity index (χ2v) is 20.8. The molecule has 0 N–H and O–H groups in total. The molecule has 0 radical (unpaired) electrons. The van der Waals surface area contributed by atoms with E-state index in [1.807, 2.05) is 73.8 Å². The molecule has 17 heteroatoms. The van der Waals surface area contributed by atoms with Gasteiger partial charge in [-0.15, -0.1) is 0 Å². The quantitative estimate of drug-likeness (QED) is 0.0918. The largest absolute Gasteiger partial charge is 0.416 e. The Labute approximate surface area is 454 Å². The number of carbonyl (C=O) groups excluding carboxylic acids is 2. The molecule has 1 aliphatic carbocycles. The number of amides is 2. The van der Waals surface area contributed by atoms with Gasteiger partial charge in [-0.3, -0.25) is 19.4 Å². The summed E-state index contributed by atoms with van der Waals surface area (Å²) < 4.78 is 119. The van der Waals surface area contributed by atoms with Crippen molar-refractivity contribution in [1.29, 1.82) is 0 Å². The number of alkyl halides is 9. The van der Waals surface area contributed by atoms with Crippen LogP contribution in [-0.2, 0) is 47.4 Å². The van der Waals surface area contributed by atoms with Gasteiger partial charge in [-0.05, 0) is 110 Å². The predicted molar refractivity (Wildman–Crippen MR) is 290 cm³/mol. The van der Waals surface area contributed by atoms with E-state index in [-0.39, 0.29) is 49.9 Å². The lowest BCUT2D eigenvalue weighted by molar-refractivity contribution is -0.143. The minimum atomic E-state index is -4.92. The highest BCUT2D eigenvalue weighted by atomic mass is 19.4. The summed E-state index contributed by atoms with van der Waals surface area (Å²) in [6.07, 6.45) is -7.20. The third-order valence-electron chi connectivity index (χ3n) is 15.2. The van der Waals surface area contributed by atoms with Crippen molar-refractivity contribution in [3.63, 3.8) is 0 Å². The van der Waals surface area contributed by atoms with Gasteiger partial charge in [-0.1, -0.05) is 117 Å². The molecule has 3 fully saturated rings. The van der Waals surface area contributed by atoms with Crippen molar-refractivity contribution in [3.05, 3.63) is 172 Å². The summed E-state index contributed by atoms with van der Waals surface area (Å²) >= 11 is 0. The first kappa shape index (κ1) is 61.3. The Morgan fingerprint density at radius 2 is 0.987 bits per heavy atom.